The third-order valence-corrected chi connectivity index (χ3v) is 4.19. The van der Waals surface area contributed by atoms with Crippen LogP contribution in [0.4, 0.5) is 11.5 Å². The van der Waals surface area contributed by atoms with Crippen molar-refractivity contribution in [1.82, 2.24) is 19.9 Å². The number of imidazole rings is 1. The van der Waals surface area contributed by atoms with E-state index in [1.54, 1.807) is 25.3 Å². The normalized spacial score (nSPS) is 10.6. The highest BCUT2D eigenvalue weighted by Gasteiger charge is 2.12. The zero-order chi connectivity index (χ0) is 17.8. The fourth-order valence-electron chi connectivity index (χ4n) is 2.13. The van der Waals surface area contributed by atoms with Crippen molar-refractivity contribution >= 4 is 40.3 Å². The molecule has 2 heterocycles. The number of fused-ring (bicyclic) bond motifs is 1. The van der Waals surface area contributed by atoms with Gasteiger partial charge in [0.25, 0.3) is 0 Å². The van der Waals surface area contributed by atoms with Crippen molar-refractivity contribution in [3.05, 3.63) is 24.5 Å². The molecule has 0 aliphatic rings. The molecule has 1 aromatic carbocycles. The maximum absolute atomic E-state index is 12.2. The SMILES string of the molecule is COc1ccc(OC)c(NC(=O)CSc2nc3ncnc(N)c3[nH]2)c1. The van der Waals surface area contributed by atoms with Crippen molar-refractivity contribution in [2.24, 2.45) is 0 Å². The summed E-state index contributed by atoms with van der Waals surface area (Å²) in [6.45, 7) is 0. The monoisotopic (exact) mass is 360 g/mol. The number of thioether (sulfide) groups is 1. The molecule has 0 aliphatic carbocycles. The molecular formula is C15H16N6O3S. The summed E-state index contributed by atoms with van der Waals surface area (Å²) in [5, 5.41) is 3.33. The van der Waals surface area contributed by atoms with Crippen molar-refractivity contribution in [3.8, 4) is 11.5 Å². The number of methoxy groups -OCH3 is 2. The fraction of sp³-hybridized carbons (Fsp3) is 0.200. The number of aromatic nitrogens is 4. The van der Waals surface area contributed by atoms with Crippen molar-refractivity contribution in [3.63, 3.8) is 0 Å². The summed E-state index contributed by atoms with van der Waals surface area (Å²) in [5.41, 5.74) is 7.30. The molecule has 0 spiro atoms. The van der Waals surface area contributed by atoms with Crippen LogP contribution in [-0.2, 0) is 4.79 Å². The molecule has 130 valence electrons. The Morgan fingerprint density at radius 3 is 2.88 bits per heavy atom. The molecule has 9 nitrogen and oxygen atoms in total. The molecule has 2 aromatic heterocycles. The first-order valence-electron chi connectivity index (χ1n) is 7.21. The number of benzene rings is 1. The van der Waals surface area contributed by atoms with Crippen LogP contribution in [-0.4, -0.2) is 45.8 Å². The quantitative estimate of drug-likeness (QED) is 0.567. The predicted molar refractivity (Wildman–Crippen MR) is 95.0 cm³/mol. The average molecular weight is 360 g/mol. The van der Waals surface area contributed by atoms with Gasteiger partial charge < -0.3 is 25.5 Å². The maximum atomic E-state index is 12.2. The van der Waals surface area contributed by atoms with Gasteiger partial charge in [-0.2, -0.15) is 0 Å². The summed E-state index contributed by atoms with van der Waals surface area (Å²) in [4.78, 5) is 27.4. The van der Waals surface area contributed by atoms with Crippen molar-refractivity contribution in [1.29, 1.82) is 0 Å². The van der Waals surface area contributed by atoms with E-state index in [0.29, 0.717) is 39.3 Å². The minimum Gasteiger partial charge on any atom is -0.497 e. The van der Waals surface area contributed by atoms with Crippen LogP contribution in [0.2, 0.25) is 0 Å². The zero-order valence-corrected chi connectivity index (χ0v) is 14.4. The van der Waals surface area contributed by atoms with Crippen LogP contribution < -0.4 is 20.5 Å². The summed E-state index contributed by atoms with van der Waals surface area (Å²) in [6.07, 6.45) is 1.34. The number of hydrogen-bond acceptors (Lipinski definition) is 8. The highest BCUT2D eigenvalue weighted by atomic mass is 32.2. The van der Waals surface area contributed by atoms with Crippen LogP contribution >= 0.6 is 11.8 Å². The van der Waals surface area contributed by atoms with Crippen molar-refractivity contribution < 1.29 is 14.3 Å². The van der Waals surface area contributed by atoms with E-state index in [4.69, 9.17) is 15.2 Å². The first-order chi connectivity index (χ1) is 12.1. The molecule has 0 atom stereocenters. The summed E-state index contributed by atoms with van der Waals surface area (Å²) in [5.74, 6) is 1.42. The Bertz CT molecular complexity index is 913. The first-order valence-corrected chi connectivity index (χ1v) is 8.20. The topological polar surface area (TPSA) is 128 Å². The van der Waals surface area contributed by atoms with Crippen LogP contribution in [0.25, 0.3) is 11.2 Å². The minimum atomic E-state index is -0.212. The van der Waals surface area contributed by atoms with Crippen molar-refractivity contribution in [2.75, 3.05) is 31.0 Å². The molecule has 0 aliphatic heterocycles. The zero-order valence-electron chi connectivity index (χ0n) is 13.6. The molecule has 4 N–H and O–H groups in total. The van der Waals surface area contributed by atoms with Gasteiger partial charge in [-0.1, -0.05) is 11.8 Å². The Hall–Kier alpha value is -3.01. The molecule has 0 fully saturated rings. The number of aromatic amines is 1. The molecule has 1 amide bonds. The molecular weight excluding hydrogens is 344 g/mol. The number of anilines is 2. The van der Waals surface area contributed by atoms with Gasteiger partial charge in [-0.15, -0.1) is 0 Å². The number of nitrogen functional groups attached to an aromatic ring is 1. The molecule has 25 heavy (non-hydrogen) atoms. The summed E-state index contributed by atoms with van der Waals surface area (Å²) >= 11 is 1.23. The van der Waals surface area contributed by atoms with E-state index in [9.17, 15) is 4.79 Å². The van der Waals surface area contributed by atoms with Gasteiger partial charge in [-0.3, -0.25) is 4.79 Å². The molecule has 3 aromatic rings. The number of hydrogen-bond donors (Lipinski definition) is 3. The lowest BCUT2D eigenvalue weighted by Gasteiger charge is -2.11. The number of rotatable bonds is 6. The fourth-order valence-corrected chi connectivity index (χ4v) is 2.79. The van der Waals surface area contributed by atoms with Gasteiger partial charge >= 0.3 is 0 Å². The van der Waals surface area contributed by atoms with Crippen LogP contribution in [0, 0.1) is 0 Å². The van der Waals surface area contributed by atoms with Gasteiger partial charge in [0.05, 0.1) is 25.7 Å². The standard InChI is InChI=1S/C15H16N6O3S/c1-23-8-3-4-10(24-2)9(5-8)19-11(22)6-25-15-20-12-13(16)17-7-18-14(12)21-15/h3-5,7H,6H2,1-2H3,(H,19,22)(H3,16,17,18,20,21). The second-order valence-electron chi connectivity index (χ2n) is 4.90. The van der Waals surface area contributed by atoms with Crippen molar-refractivity contribution in [2.45, 2.75) is 5.16 Å². The van der Waals surface area contributed by atoms with Crippen LogP contribution in [0.1, 0.15) is 0 Å². The highest BCUT2D eigenvalue weighted by Crippen LogP contribution is 2.29. The molecule has 0 saturated heterocycles. The molecule has 0 radical (unpaired) electrons. The second-order valence-corrected chi connectivity index (χ2v) is 5.87. The lowest BCUT2D eigenvalue weighted by molar-refractivity contribution is -0.113. The number of nitrogens with zero attached hydrogens (tertiary/aromatic N) is 3. The number of ether oxygens (including phenoxy) is 2. The third-order valence-electron chi connectivity index (χ3n) is 3.32. The Morgan fingerprint density at radius 2 is 2.16 bits per heavy atom. The number of H-pyrrole nitrogens is 1. The van der Waals surface area contributed by atoms with E-state index < -0.39 is 0 Å². The Morgan fingerprint density at radius 1 is 1.32 bits per heavy atom. The molecule has 3 rings (SSSR count). The number of carbonyl (C=O) groups is 1. The highest BCUT2D eigenvalue weighted by molar-refractivity contribution is 7.99. The van der Waals surface area contributed by atoms with Gasteiger partial charge in [-0.05, 0) is 12.1 Å². The van der Waals surface area contributed by atoms with E-state index in [1.807, 2.05) is 0 Å². The predicted octanol–water partition coefficient (Wildman–Crippen LogP) is 1.68. The van der Waals surface area contributed by atoms with E-state index in [1.165, 1.54) is 25.2 Å². The summed E-state index contributed by atoms with van der Waals surface area (Å²) < 4.78 is 10.4. The van der Waals surface area contributed by atoms with E-state index in [-0.39, 0.29) is 11.7 Å². The van der Waals surface area contributed by atoms with Crippen LogP contribution in [0.5, 0.6) is 11.5 Å². The number of nitrogens with one attached hydrogen (secondary N) is 2. The third kappa shape index (κ3) is 3.74. The number of amides is 1. The smallest absolute Gasteiger partial charge is 0.234 e. The summed E-state index contributed by atoms with van der Waals surface area (Å²) in [7, 11) is 3.09. The maximum Gasteiger partial charge on any atom is 0.234 e. The van der Waals surface area contributed by atoms with Crippen LogP contribution in [0.3, 0.4) is 0 Å². The number of carbonyl (C=O) groups excluding carboxylic acids is 1. The molecule has 10 heteroatoms. The molecule has 0 bridgehead atoms. The largest absolute Gasteiger partial charge is 0.497 e. The second kappa shape index (κ2) is 7.26. The van der Waals surface area contributed by atoms with E-state index in [2.05, 4.69) is 25.3 Å². The lowest BCUT2D eigenvalue weighted by Crippen LogP contribution is -2.14. The molecule has 0 unspecified atom stereocenters. The van der Waals surface area contributed by atoms with Gasteiger partial charge in [-0.25, -0.2) is 15.0 Å². The van der Waals surface area contributed by atoms with Gasteiger partial charge in [0.1, 0.15) is 23.3 Å². The Balaban J connectivity index is 1.67. The van der Waals surface area contributed by atoms with Gasteiger partial charge in [0, 0.05) is 6.07 Å². The van der Waals surface area contributed by atoms with E-state index >= 15 is 0 Å². The lowest BCUT2D eigenvalue weighted by atomic mass is 10.2. The molecule has 0 saturated carbocycles. The van der Waals surface area contributed by atoms with Crippen LogP contribution in [0.15, 0.2) is 29.7 Å². The minimum absolute atomic E-state index is 0.146. The van der Waals surface area contributed by atoms with Gasteiger partial charge in [0.15, 0.2) is 16.6 Å². The Labute approximate surface area is 147 Å². The number of nitrogens with two attached hydrogens (primary N) is 1. The summed E-state index contributed by atoms with van der Waals surface area (Å²) in [6, 6.07) is 5.17. The average Bonchev–Trinajstić information content (AvgIpc) is 3.04. The van der Waals surface area contributed by atoms with Gasteiger partial charge in [0.2, 0.25) is 5.91 Å². The first kappa shape index (κ1) is 16.8. The van der Waals surface area contributed by atoms with E-state index in [0.717, 1.165) is 0 Å². The Kier molecular flexibility index (Phi) is 4.89.